The lowest BCUT2D eigenvalue weighted by molar-refractivity contribution is -0.157. The first-order valence-corrected chi connectivity index (χ1v) is 7.61. The topological polar surface area (TPSA) is 49.4 Å². The normalized spacial score (nSPS) is 26.0. The van der Waals surface area contributed by atoms with Gasteiger partial charge >= 0.3 is 0 Å². The zero-order valence-electron chi connectivity index (χ0n) is 12.2. The monoisotopic (exact) mass is 328 g/mol. The molecule has 1 aliphatic rings. The number of amides is 2. The first-order valence-electron chi connectivity index (χ1n) is 6.86. The fraction of sp³-hybridized carbons (Fsp3) is 0.467. The summed E-state index contributed by atoms with van der Waals surface area (Å²) in [5.41, 5.74) is -0.00489. The zero-order chi connectivity index (χ0) is 15.8. The summed E-state index contributed by atoms with van der Waals surface area (Å²) in [6.45, 7) is 5.70. The second-order valence-electron chi connectivity index (χ2n) is 5.50. The highest BCUT2D eigenvalue weighted by molar-refractivity contribution is 6.42. The fourth-order valence-corrected chi connectivity index (χ4v) is 2.76. The Bertz CT molecular complexity index is 591. The van der Waals surface area contributed by atoms with E-state index in [0.717, 1.165) is 5.56 Å². The molecule has 0 radical (unpaired) electrons. The minimum Gasteiger partial charge on any atom is -0.343 e. The number of nitrogens with zero attached hydrogens (tertiary/aromatic N) is 1. The van der Waals surface area contributed by atoms with Gasteiger partial charge in [0.25, 0.3) is 0 Å². The Morgan fingerprint density at radius 1 is 1.29 bits per heavy atom. The number of piperazine rings is 1. The van der Waals surface area contributed by atoms with Crippen LogP contribution in [0.5, 0.6) is 0 Å². The van der Waals surface area contributed by atoms with E-state index in [1.54, 1.807) is 30.9 Å². The summed E-state index contributed by atoms with van der Waals surface area (Å²) < 4.78 is 0. The van der Waals surface area contributed by atoms with Crippen LogP contribution in [0.4, 0.5) is 0 Å². The molecule has 1 aromatic carbocycles. The van der Waals surface area contributed by atoms with Crippen molar-refractivity contribution in [1.29, 1.82) is 0 Å². The molecule has 1 fully saturated rings. The van der Waals surface area contributed by atoms with Crippen molar-refractivity contribution in [3.63, 3.8) is 0 Å². The van der Waals surface area contributed by atoms with E-state index in [0.29, 0.717) is 23.0 Å². The summed E-state index contributed by atoms with van der Waals surface area (Å²) >= 11 is 11.9. The fourth-order valence-electron chi connectivity index (χ4n) is 2.44. The molecule has 1 N–H and O–H groups in total. The van der Waals surface area contributed by atoms with Crippen molar-refractivity contribution >= 4 is 35.0 Å². The second kappa shape index (κ2) is 5.85. The molecule has 114 valence electrons. The molecule has 21 heavy (non-hydrogen) atoms. The van der Waals surface area contributed by atoms with Gasteiger partial charge in [-0.25, -0.2) is 0 Å². The molecule has 2 amide bonds. The number of hydrogen-bond donors (Lipinski definition) is 1. The van der Waals surface area contributed by atoms with Gasteiger partial charge in [0.05, 0.1) is 10.0 Å². The van der Waals surface area contributed by atoms with Crippen LogP contribution in [0.2, 0.25) is 10.0 Å². The Hall–Kier alpha value is -1.26. The van der Waals surface area contributed by atoms with Crippen LogP contribution >= 0.6 is 23.2 Å². The molecule has 2 rings (SSSR count). The standard InChI is InChI=1S/C15H18Cl2N2O2/c1-4-15(3)14(21)18-9(2)13(20)19(15)8-10-5-6-11(16)12(17)7-10/h5-7,9H,4,8H2,1-3H3,(H,18,21). The van der Waals surface area contributed by atoms with Crippen molar-refractivity contribution in [1.82, 2.24) is 10.2 Å². The predicted molar refractivity (Wildman–Crippen MR) is 83.3 cm³/mol. The Labute approximate surface area is 134 Å². The summed E-state index contributed by atoms with van der Waals surface area (Å²) in [5.74, 6) is -0.220. The van der Waals surface area contributed by atoms with Crippen molar-refractivity contribution in [3.05, 3.63) is 33.8 Å². The van der Waals surface area contributed by atoms with Gasteiger partial charge in [0.2, 0.25) is 11.8 Å². The molecule has 1 heterocycles. The molecule has 2 atom stereocenters. The third-order valence-electron chi connectivity index (χ3n) is 4.08. The highest BCUT2D eigenvalue weighted by Crippen LogP contribution is 2.29. The molecule has 0 aliphatic carbocycles. The largest absolute Gasteiger partial charge is 0.343 e. The quantitative estimate of drug-likeness (QED) is 0.927. The van der Waals surface area contributed by atoms with Crippen LogP contribution in [-0.4, -0.2) is 28.3 Å². The highest BCUT2D eigenvalue weighted by Gasteiger charge is 2.46. The van der Waals surface area contributed by atoms with Crippen LogP contribution in [0.1, 0.15) is 32.8 Å². The third kappa shape index (κ3) is 2.87. The minimum atomic E-state index is -0.851. The van der Waals surface area contributed by atoms with Crippen molar-refractivity contribution < 1.29 is 9.59 Å². The lowest BCUT2D eigenvalue weighted by Crippen LogP contribution is -2.68. The molecule has 4 nitrogen and oxygen atoms in total. The smallest absolute Gasteiger partial charge is 0.246 e. The number of carbonyl (C=O) groups is 2. The highest BCUT2D eigenvalue weighted by atomic mass is 35.5. The number of nitrogens with one attached hydrogen (secondary N) is 1. The molecular weight excluding hydrogens is 311 g/mol. The van der Waals surface area contributed by atoms with Crippen molar-refractivity contribution in [3.8, 4) is 0 Å². The van der Waals surface area contributed by atoms with E-state index in [-0.39, 0.29) is 11.8 Å². The summed E-state index contributed by atoms with van der Waals surface area (Å²) in [5, 5.41) is 3.64. The molecule has 1 aromatic rings. The summed E-state index contributed by atoms with van der Waals surface area (Å²) in [6, 6.07) is 4.72. The average molecular weight is 329 g/mol. The summed E-state index contributed by atoms with van der Waals surface area (Å²) in [7, 11) is 0. The van der Waals surface area contributed by atoms with E-state index in [9.17, 15) is 9.59 Å². The SMILES string of the molecule is CCC1(C)C(=O)NC(C)C(=O)N1Cc1ccc(Cl)c(Cl)c1. The lowest BCUT2D eigenvalue weighted by Gasteiger charge is -2.45. The van der Waals surface area contributed by atoms with Gasteiger partial charge in [0.15, 0.2) is 0 Å². The van der Waals surface area contributed by atoms with Crippen molar-refractivity contribution in [2.75, 3.05) is 0 Å². The Balaban J connectivity index is 2.35. The Morgan fingerprint density at radius 3 is 2.52 bits per heavy atom. The van der Waals surface area contributed by atoms with E-state index in [4.69, 9.17) is 23.2 Å². The molecule has 1 aliphatic heterocycles. The van der Waals surface area contributed by atoms with Gasteiger partial charge in [-0.2, -0.15) is 0 Å². The maximum Gasteiger partial charge on any atom is 0.246 e. The van der Waals surface area contributed by atoms with Gasteiger partial charge in [0.1, 0.15) is 11.6 Å². The van der Waals surface area contributed by atoms with E-state index >= 15 is 0 Å². The molecule has 0 bridgehead atoms. The summed E-state index contributed by atoms with van der Waals surface area (Å²) in [6.07, 6.45) is 0.540. The molecule has 1 saturated heterocycles. The van der Waals surface area contributed by atoms with E-state index < -0.39 is 11.6 Å². The third-order valence-corrected chi connectivity index (χ3v) is 4.82. The first-order chi connectivity index (χ1) is 9.79. The maximum atomic E-state index is 12.5. The van der Waals surface area contributed by atoms with Crippen LogP contribution < -0.4 is 5.32 Å². The lowest BCUT2D eigenvalue weighted by atomic mass is 9.90. The number of halogens is 2. The van der Waals surface area contributed by atoms with Crippen LogP contribution in [0, 0.1) is 0 Å². The molecule has 6 heteroatoms. The number of hydrogen-bond acceptors (Lipinski definition) is 2. The van der Waals surface area contributed by atoms with Crippen molar-refractivity contribution in [2.24, 2.45) is 0 Å². The average Bonchev–Trinajstić information content (AvgIpc) is 2.45. The van der Waals surface area contributed by atoms with Crippen LogP contribution in [-0.2, 0) is 16.1 Å². The van der Waals surface area contributed by atoms with Gasteiger partial charge < -0.3 is 10.2 Å². The minimum absolute atomic E-state index is 0.0926. The molecule has 0 aromatic heterocycles. The zero-order valence-corrected chi connectivity index (χ0v) is 13.8. The maximum absolute atomic E-state index is 12.5. The molecule has 2 unspecified atom stereocenters. The predicted octanol–water partition coefficient (Wildman–Crippen LogP) is 3.01. The van der Waals surface area contributed by atoms with E-state index in [2.05, 4.69) is 5.32 Å². The van der Waals surface area contributed by atoms with Crippen LogP contribution in [0.3, 0.4) is 0 Å². The number of carbonyl (C=O) groups excluding carboxylic acids is 2. The Morgan fingerprint density at radius 2 is 1.95 bits per heavy atom. The molecular formula is C15H18Cl2N2O2. The van der Waals surface area contributed by atoms with E-state index in [1.165, 1.54) is 0 Å². The summed E-state index contributed by atoms with van der Waals surface area (Å²) in [4.78, 5) is 26.3. The van der Waals surface area contributed by atoms with Crippen LogP contribution in [0.15, 0.2) is 18.2 Å². The van der Waals surface area contributed by atoms with Gasteiger partial charge in [-0.1, -0.05) is 36.2 Å². The first kappa shape index (κ1) is 16.1. The number of rotatable bonds is 3. The molecule has 0 spiro atoms. The van der Waals surface area contributed by atoms with Gasteiger partial charge in [-0.05, 0) is 38.0 Å². The molecule has 0 saturated carbocycles. The van der Waals surface area contributed by atoms with E-state index in [1.807, 2.05) is 13.0 Å². The van der Waals surface area contributed by atoms with Gasteiger partial charge in [0, 0.05) is 6.54 Å². The van der Waals surface area contributed by atoms with Crippen LogP contribution in [0.25, 0.3) is 0 Å². The van der Waals surface area contributed by atoms with Crippen molar-refractivity contribution in [2.45, 2.75) is 45.3 Å². The Kier molecular flexibility index (Phi) is 4.49. The van der Waals surface area contributed by atoms with Gasteiger partial charge in [-0.15, -0.1) is 0 Å². The second-order valence-corrected chi connectivity index (χ2v) is 6.31. The van der Waals surface area contributed by atoms with Gasteiger partial charge in [-0.3, -0.25) is 9.59 Å². The number of benzene rings is 1.